The van der Waals surface area contributed by atoms with Crippen LogP contribution in [0.1, 0.15) is 33.6 Å². The van der Waals surface area contributed by atoms with Gasteiger partial charge in [-0.05, 0) is 46.7 Å². The van der Waals surface area contributed by atoms with Crippen molar-refractivity contribution in [1.82, 2.24) is 10.0 Å². The van der Waals surface area contributed by atoms with Gasteiger partial charge < -0.3 is 10.1 Å². The molecule has 1 aliphatic heterocycles. The molecule has 1 rings (SSSR count). The van der Waals surface area contributed by atoms with Crippen LogP contribution >= 0.6 is 0 Å². The number of sulfonamides is 1. The van der Waals surface area contributed by atoms with Crippen molar-refractivity contribution in [1.29, 1.82) is 0 Å². The van der Waals surface area contributed by atoms with Gasteiger partial charge in [0, 0.05) is 6.54 Å². The second-order valence-electron chi connectivity index (χ2n) is 5.33. The van der Waals surface area contributed by atoms with E-state index >= 15 is 0 Å². The van der Waals surface area contributed by atoms with Gasteiger partial charge in [0.15, 0.2) is 0 Å². The maximum absolute atomic E-state index is 11.7. The molecule has 0 aromatic rings. The summed E-state index contributed by atoms with van der Waals surface area (Å²) in [6.07, 6.45) is 2.29. The smallest absolute Gasteiger partial charge is 0.216 e. The van der Waals surface area contributed by atoms with Crippen LogP contribution in [0.25, 0.3) is 0 Å². The highest BCUT2D eigenvalue weighted by molar-refractivity contribution is 7.90. The Morgan fingerprint density at radius 1 is 1.29 bits per heavy atom. The van der Waals surface area contributed by atoms with Crippen LogP contribution in [0.3, 0.4) is 0 Å². The normalized spacial score (nSPS) is 19.5. The minimum atomic E-state index is -3.24. The molecule has 0 aromatic carbocycles. The molecule has 102 valence electrons. The van der Waals surface area contributed by atoms with Crippen LogP contribution in [0.2, 0.25) is 0 Å². The molecule has 0 saturated carbocycles. The lowest BCUT2D eigenvalue weighted by Gasteiger charge is -2.24. The van der Waals surface area contributed by atoms with E-state index in [0.717, 1.165) is 25.9 Å². The molecule has 0 aliphatic carbocycles. The first kappa shape index (κ1) is 14.9. The monoisotopic (exact) mass is 264 g/mol. The summed E-state index contributed by atoms with van der Waals surface area (Å²) in [5, 5.41) is 3.26. The Labute approximate surface area is 104 Å². The van der Waals surface area contributed by atoms with E-state index in [1.54, 1.807) is 20.8 Å². The third-order valence-electron chi connectivity index (χ3n) is 2.84. The van der Waals surface area contributed by atoms with Gasteiger partial charge in [0.1, 0.15) is 0 Å². The summed E-state index contributed by atoms with van der Waals surface area (Å²) in [5.41, 5.74) is 0. The summed E-state index contributed by atoms with van der Waals surface area (Å²) in [6, 6.07) is 0. The van der Waals surface area contributed by atoms with Crippen LogP contribution < -0.4 is 10.0 Å². The number of piperidine rings is 1. The van der Waals surface area contributed by atoms with Gasteiger partial charge in [0.25, 0.3) is 0 Å². The lowest BCUT2D eigenvalue weighted by molar-refractivity contribution is 0.0366. The highest BCUT2D eigenvalue weighted by Crippen LogP contribution is 2.12. The number of nitrogens with one attached hydrogen (secondary N) is 2. The molecule has 0 radical (unpaired) electrons. The third-order valence-corrected chi connectivity index (χ3v) is 5.04. The van der Waals surface area contributed by atoms with E-state index in [2.05, 4.69) is 10.0 Å². The minimum Gasteiger partial charge on any atom is -0.377 e. The van der Waals surface area contributed by atoms with Crippen LogP contribution in [0.4, 0.5) is 0 Å². The summed E-state index contributed by atoms with van der Waals surface area (Å²) in [5.74, 6) is 0. The highest BCUT2D eigenvalue weighted by atomic mass is 32.2. The molecule has 1 saturated heterocycles. The SMILES string of the molecule is CC(C)(C)S(=O)(=O)NCCOC1CCNCC1. The number of hydrogen-bond donors (Lipinski definition) is 2. The molecule has 17 heavy (non-hydrogen) atoms. The zero-order valence-electron chi connectivity index (χ0n) is 11.0. The topological polar surface area (TPSA) is 67.4 Å². The molecule has 2 N–H and O–H groups in total. The van der Waals surface area contributed by atoms with E-state index in [1.165, 1.54) is 0 Å². The van der Waals surface area contributed by atoms with Gasteiger partial charge in [-0.1, -0.05) is 0 Å². The van der Waals surface area contributed by atoms with Gasteiger partial charge in [-0.25, -0.2) is 13.1 Å². The first-order valence-corrected chi connectivity index (χ1v) is 7.63. The fourth-order valence-corrected chi connectivity index (χ4v) is 2.37. The van der Waals surface area contributed by atoms with Gasteiger partial charge in [0.05, 0.1) is 17.5 Å². The number of ether oxygens (including phenoxy) is 1. The summed E-state index contributed by atoms with van der Waals surface area (Å²) < 4.78 is 30.9. The quantitative estimate of drug-likeness (QED) is 0.709. The van der Waals surface area contributed by atoms with Gasteiger partial charge in [-0.15, -0.1) is 0 Å². The van der Waals surface area contributed by atoms with E-state index in [0.29, 0.717) is 13.2 Å². The van der Waals surface area contributed by atoms with Crippen molar-refractivity contribution in [3.63, 3.8) is 0 Å². The Morgan fingerprint density at radius 3 is 2.41 bits per heavy atom. The zero-order valence-corrected chi connectivity index (χ0v) is 11.8. The van der Waals surface area contributed by atoms with E-state index in [4.69, 9.17) is 4.74 Å². The number of hydrogen-bond acceptors (Lipinski definition) is 4. The standard InChI is InChI=1S/C11H24N2O3S/c1-11(2,3)17(14,15)13-8-9-16-10-4-6-12-7-5-10/h10,12-13H,4-9H2,1-3H3. The second kappa shape index (κ2) is 6.13. The van der Waals surface area contributed by atoms with Gasteiger partial charge >= 0.3 is 0 Å². The Morgan fingerprint density at radius 2 is 1.88 bits per heavy atom. The first-order chi connectivity index (χ1) is 7.83. The summed E-state index contributed by atoms with van der Waals surface area (Å²) >= 11 is 0. The molecule has 0 bridgehead atoms. The predicted octanol–water partition coefficient (Wildman–Crippen LogP) is 0.473. The van der Waals surface area contributed by atoms with Gasteiger partial charge in [-0.3, -0.25) is 0 Å². The fraction of sp³-hybridized carbons (Fsp3) is 1.00. The van der Waals surface area contributed by atoms with Crippen molar-refractivity contribution in [2.24, 2.45) is 0 Å². The van der Waals surface area contributed by atoms with E-state index in [1.807, 2.05) is 0 Å². The van der Waals surface area contributed by atoms with Crippen molar-refractivity contribution < 1.29 is 13.2 Å². The zero-order chi connectivity index (χ0) is 12.9. The van der Waals surface area contributed by atoms with Crippen LogP contribution in [-0.4, -0.2) is 45.5 Å². The van der Waals surface area contributed by atoms with Crippen molar-refractivity contribution in [2.75, 3.05) is 26.2 Å². The minimum absolute atomic E-state index is 0.274. The Hall–Kier alpha value is -0.170. The molecule has 0 atom stereocenters. The van der Waals surface area contributed by atoms with Crippen LogP contribution in [0.5, 0.6) is 0 Å². The summed E-state index contributed by atoms with van der Waals surface area (Å²) in [7, 11) is -3.24. The highest BCUT2D eigenvalue weighted by Gasteiger charge is 2.28. The summed E-state index contributed by atoms with van der Waals surface area (Å²) in [4.78, 5) is 0. The molecule has 6 heteroatoms. The molecule has 0 aromatic heterocycles. The van der Waals surface area contributed by atoms with Crippen molar-refractivity contribution in [2.45, 2.75) is 44.5 Å². The first-order valence-electron chi connectivity index (χ1n) is 6.14. The van der Waals surface area contributed by atoms with E-state index < -0.39 is 14.8 Å². The largest absolute Gasteiger partial charge is 0.377 e. The number of rotatable bonds is 5. The lowest BCUT2D eigenvalue weighted by Crippen LogP contribution is -2.41. The Balaban J connectivity index is 2.19. The molecule has 0 spiro atoms. The van der Waals surface area contributed by atoms with E-state index in [9.17, 15) is 8.42 Å². The lowest BCUT2D eigenvalue weighted by atomic mass is 10.1. The van der Waals surface area contributed by atoms with Crippen LogP contribution in [0, 0.1) is 0 Å². The molecule has 1 aliphatic rings. The van der Waals surface area contributed by atoms with Gasteiger partial charge in [-0.2, -0.15) is 0 Å². The van der Waals surface area contributed by atoms with Crippen molar-refractivity contribution in [3.05, 3.63) is 0 Å². The molecule has 1 heterocycles. The van der Waals surface area contributed by atoms with Gasteiger partial charge in [0.2, 0.25) is 10.0 Å². The molecule has 0 unspecified atom stereocenters. The average Bonchev–Trinajstić information content (AvgIpc) is 2.24. The maximum Gasteiger partial charge on any atom is 0.216 e. The molecule has 0 amide bonds. The molecule has 5 nitrogen and oxygen atoms in total. The summed E-state index contributed by atoms with van der Waals surface area (Å²) in [6.45, 7) is 7.81. The fourth-order valence-electron chi connectivity index (χ4n) is 1.58. The van der Waals surface area contributed by atoms with Crippen LogP contribution in [0.15, 0.2) is 0 Å². The molecular formula is C11H24N2O3S. The Kier molecular flexibility index (Phi) is 5.37. The average molecular weight is 264 g/mol. The molecule has 1 fully saturated rings. The predicted molar refractivity (Wildman–Crippen MR) is 68.5 cm³/mol. The van der Waals surface area contributed by atoms with Crippen LogP contribution in [-0.2, 0) is 14.8 Å². The molecular weight excluding hydrogens is 240 g/mol. The van der Waals surface area contributed by atoms with Crippen molar-refractivity contribution >= 4 is 10.0 Å². The maximum atomic E-state index is 11.7. The Bertz CT molecular complexity index is 316. The van der Waals surface area contributed by atoms with Crippen molar-refractivity contribution in [3.8, 4) is 0 Å². The van der Waals surface area contributed by atoms with E-state index in [-0.39, 0.29) is 6.10 Å². The second-order valence-corrected chi connectivity index (χ2v) is 7.85. The third kappa shape index (κ3) is 4.91.